The van der Waals surface area contributed by atoms with Crippen LogP contribution in [0.4, 0.5) is 8.78 Å². The quantitative estimate of drug-likeness (QED) is 0.784. The molecule has 0 fully saturated rings. The summed E-state index contributed by atoms with van der Waals surface area (Å²) in [4.78, 5) is 10.6. The van der Waals surface area contributed by atoms with E-state index in [0.717, 1.165) is 0 Å². The molecule has 0 aliphatic heterocycles. The molecule has 1 rings (SSSR count). The molecule has 1 aromatic carbocycles. The number of hydrogen-bond donors (Lipinski definition) is 0. The molecule has 0 spiro atoms. The minimum absolute atomic E-state index is 0.104. The summed E-state index contributed by atoms with van der Waals surface area (Å²) in [5, 5.41) is 0. The molecular weight excluding hydrogens is 286 g/mol. The minimum Gasteiger partial charge on any atom is -0.493 e. The lowest BCUT2D eigenvalue weighted by Gasteiger charge is -2.13. The molecule has 0 amide bonds. The largest absolute Gasteiger partial charge is 0.493 e. The molecule has 3 nitrogen and oxygen atoms in total. The Morgan fingerprint density at radius 2 is 2.19 bits per heavy atom. The van der Waals surface area contributed by atoms with Gasteiger partial charge in [0.2, 0.25) is 0 Å². The molecule has 0 bridgehead atoms. The van der Waals surface area contributed by atoms with Crippen LogP contribution in [0, 0.1) is 0 Å². The van der Waals surface area contributed by atoms with Crippen molar-refractivity contribution in [3.63, 3.8) is 0 Å². The maximum absolute atomic E-state index is 12.0. The fourth-order valence-electron chi connectivity index (χ4n) is 1.09. The molecule has 16 heavy (non-hydrogen) atoms. The van der Waals surface area contributed by atoms with E-state index in [9.17, 15) is 13.6 Å². The zero-order chi connectivity index (χ0) is 12.1. The van der Waals surface area contributed by atoms with Crippen LogP contribution in [0.3, 0.4) is 0 Å². The van der Waals surface area contributed by atoms with Crippen LogP contribution < -0.4 is 9.47 Å². The number of halogens is 3. The molecule has 0 saturated carbocycles. The van der Waals surface area contributed by atoms with E-state index in [-0.39, 0.29) is 11.5 Å². The van der Waals surface area contributed by atoms with Crippen LogP contribution in [-0.2, 0) is 0 Å². The van der Waals surface area contributed by atoms with Crippen LogP contribution in [0.5, 0.6) is 11.5 Å². The normalized spacial score (nSPS) is 10.3. The molecule has 0 atom stereocenters. The Labute approximate surface area is 99.5 Å². The van der Waals surface area contributed by atoms with Crippen LogP contribution in [0.2, 0.25) is 0 Å². The summed E-state index contributed by atoms with van der Waals surface area (Å²) in [6, 6.07) is 2.99. The van der Waals surface area contributed by atoms with Gasteiger partial charge in [0.05, 0.1) is 11.6 Å². The average molecular weight is 295 g/mol. The van der Waals surface area contributed by atoms with Crippen LogP contribution in [0.15, 0.2) is 16.6 Å². The Bertz CT molecular complexity index is 383. The molecule has 0 aliphatic rings. The van der Waals surface area contributed by atoms with Gasteiger partial charge in [-0.05, 0) is 28.1 Å². The zero-order valence-electron chi connectivity index (χ0n) is 8.38. The molecule has 0 aliphatic carbocycles. The van der Waals surface area contributed by atoms with Crippen molar-refractivity contribution in [3.8, 4) is 11.5 Å². The number of rotatable bonds is 5. The van der Waals surface area contributed by atoms with E-state index >= 15 is 0 Å². The van der Waals surface area contributed by atoms with Crippen molar-refractivity contribution < 1.29 is 23.0 Å². The van der Waals surface area contributed by atoms with Crippen molar-refractivity contribution in [2.24, 2.45) is 0 Å². The van der Waals surface area contributed by atoms with Gasteiger partial charge in [0.1, 0.15) is 6.61 Å². The lowest BCUT2D eigenvalue weighted by Crippen LogP contribution is -2.08. The number of ether oxygens (including phenoxy) is 2. The highest BCUT2D eigenvalue weighted by Gasteiger charge is 2.15. The van der Waals surface area contributed by atoms with Gasteiger partial charge in [0.25, 0.3) is 6.43 Å². The van der Waals surface area contributed by atoms with Crippen LogP contribution >= 0.6 is 15.9 Å². The maximum atomic E-state index is 12.0. The first-order valence-corrected chi connectivity index (χ1v) is 5.12. The van der Waals surface area contributed by atoms with Crippen LogP contribution in [-0.4, -0.2) is 26.4 Å². The van der Waals surface area contributed by atoms with E-state index in [1.165, 1.54) is 19.2 Å². The number of methoxy groups -OCH3 is 1. The number of carbonyl (C=O) groups is 1. The summed E-state index contributed by atoms with van der Waals surface area (Å²) >= 11 is 3.10. The maximum Gasteiger partial charge on any atom is 0.272 e. The van der Waals surface area contributed by atoms with Gasteiger partial charge in [0.15, 0.2) is 17.8 Å². The fraction of sp³-hybridized carbons (Fsp3) is 0.300. The van der Waals surface area contributed by atoms with E-state index in [2.05, 4.69) is 15.9 Å². The number of benzene rings is 1. The third-order valence-electron chi connectivity index (χ3n) is 1.79. The van der Waals surface area contributed by atoms with E-state index in [0.29, 0.717) is 16.3 Å². The topological polar surface area (TPSA) is 35.5 Å². The van der Waals surface area contributed by atoms with Crippen molar-refractivity contribution in [2.45, 2.75) is 6.43 Å². The highest BCUT2D eigenvalue weighted by Crippen LogP contribution is 2.37. The summed E-state index contributed by atoms with van der Waals surface area (Å²) in [5.74, 6) is 0.394. The molecule has 0 heterocycles. The average Bonchev–Trinajstić information content (AvgIpc) is 2.26. The van der Waals surface area contributed by atoms with Crippen molar-refractivity contribution in [2.75, 3.05) is 13.7 Å². The summed E-state index contributed by atoms with van der Waals surface area (Å²) in [6.07, 6.45) is -1.99. The first kappa shape index (κ1) is 12.9. The Morgan fingerprint density at radius 1 is 1.50 bits per heavy atom. The molecule has 0 radical (unpaired) electrons. The Kier molecular flexibility index (Phi) is 4.67. The predicted molar refractivity (Wildman–Crippen MR) is 57.6 cm³/mol. The van der Waals surface area contributed by atoms with E-state index < -0.39 is 13.0 Å². The van der Waals surface area contributed by atoms with Gasteiger partial charge < -0.3 is 9.47 Å². The van der Waals surface area contributed by atoms with Gasteiger partial charge in [-0.3, -0.25) is 4.79 Å². The lowest BCUT2D eigenvalue weighted by atomic mass is 10.2. The molecule has 1 aromatic rings. The third-order valence-corrected chi connectivity index (χ3v) is 2.61. The smallest absolute Gasteiger partial charge is 0.272 e. The number of alkyl halides is 2. The molecule has 0 aromatic heterocycles. The monoisotopic (exact) mass is 294 g/mol. The SMILES string of the molecule is COc1ccc(C=O)c(Br)c1OCC(F)F. The highest BCUT2D eigenvalue weighted by atomic mass is 79.9. The zero-order valence-corrected chi connectivity index (χ0v) is 9.96. The minimum atomic E-state index is -2.59. The molecule has 6 heteroatoms. The number of hydrogen-bond acceptors (Lipinski definition) is 3. The van der Waals surface area contributed by atoms with Crippen molar-refractivity contribution in [1.82, 2.24) is 0 Å². The lowest BCUT2D eigenvalue weighted by molar-refractivity contribution is 0.0800. The number of aldehydes is 1. The van der Waals surface area contributed by atoms with Gasteiger partial charge in [-0.1, -0.05) is 0 Å². The van der Waals surface area contributed by atoms with Gasteiger partial charge in [-0.2, -0.15) is 0 Å². The second-order valence-corrected chi connectivity index (χ2v) is 3.61. The molecule has 88 valence electrons. The predicted octanol–water partition coefficient (Wildman–Crippen LogP) is 2.91. The Hall–Kier alpha value is -1.17. The summed E-state index contributed by atoms with van der Waals surface area (Å²) in [5.41, 5.74) is 0.310. The second kappa shape index (κ2) is 5.79. The van der Waals surface area contributed by atoms with Gasteiger partial charge in [0, 0.05) is 5.56 Å². The molecular formula is C10H9BrF2O3. The first-order valence-electron chi connectivity index (χ1n) is 4.32. The summed E-state index contributed by atoms with van der Waals surface area (Å²) in [7, 11) is 1.39. The van der Waals surface area contributed by atoms with Crippen molar-refractivity contribution in [1.29, 1.82) is 0 Å². The van der Waals surface area contributed by atoms with Crippen LogP contribution in [0.1, 0.15) is 10.4 Å². The Balaban J connectivity index is 3.05. The third kappa shape index (κ3) is 2.91. The van der Waals surface area contributed by atoms with E-state index in [1.807, 2.05) is 0 Å². The summed E-state index contributed by atoms with van der Waals surface area (Å²) < 4.78 is 34.2. The van der Waals surface area contributed by atoms with Crippen molar-refractivity contribution >= 4 is 22.2 Å². The Morgan fingerprint density at radius 3 is 2.69 bits per heavy atom. The highest BCUT2D eigenvalue weighted by molar-refractivity contribution is 9.10. The van der Waals surface area contributed by atoms with Crippen LogP contribution in [0.25, 0.3) is 0 Å². The van der Waals surface area contributed by atoms with Crippen molar-refractivity contribution in [3.05, 3.63) is 22.2 Å². The number of carbonyl (C=O) groups excluding carboxylic acids is 1. The summed E-state index contributed by atoms with van der Waals surface area (Å²) in [6.45, 7) is -0.753. The molecule has 0 N–H and O–H groups in total. The fourth-order valence-corrected chi connectivity index (χ4v) is 1.62. The van der Waals surface area contributed by atoms with E-state index in [4.69, 9.17) is 9.47 Å². The van der Waals surface area contributed by atoms with E-state index in [1.54, 1.807) is 0 Å². The van der Waals surface area contributed by atoms with Gasteiger partial charge >= 0.3 is 0 Å². The molecule has 0 saturated heterocycles. The standard InChI is InChI=1S/C10H9BrF2O3/c1-15-7-3-2-6(4-14)9(11)10(7)16-5-8(12)13/h2-4,8H,5H2,1H3. The molecule has 0 unspecified atom stereocenters. The van der Waals surface area contributed by atoms with Gasteiger partial charge in [-0.15, -0.1) is 0 Å². The van der Waals surface area contributed by atoms with Gasteiger partial charge in [-0.25, -0.2) is 8.78 Å². The second-order valence-electron chi connectivity index (χ2n) is 2.82. The first-order chi connectivity index (χ1) is 7.60.